The Balaban J connectivity index is 1.72. The second-order valence-electron chi connectivity index (χ2n) is 10.5. The first kappa shape index (κ1) is 32.1. The summed E-state index contributed by atoms with van der Waals surface area (Å²) in [6, 6.07) is -0.931. The Labute approximate surface area is 237 Å². The Morgan fingerprint density at radius 2 is 1.74 bits per heavy atom. The predicted molar refractivity (Wildman–Crippen MR) is 129 cm³/mol. The monoisotopic (exact) mass is 628 g/mol. The van der Waals surface area contributed by atoms with Gasteiger partial charge in [0.25, 0.3) is 5.91 Å². The van der Waals surface area contributed by atoms with Crippen molar-refractivity contribution in [2.45, 2.75) is 82.2 Å². The first-order chi connectivity index (χ1) is 19.9. The molecule has 0 unspecified atom stereocenters. The van der Waals surface area contributed by atoms with E-state index in [0.717, 1.165) is 18.2 Å². The molecular weight excluding hydrogens is 603 g/mol. The van der Waals surface area contributed by atoms with Gasteiger partial charge in [0.05, 0.1) is 23.9 Å². The van der Waals surface area contributed by atoms with Crippen LogP contribution in [0.1, 0.15) is 78.6 Å². The van der Waals surface area contributed by atoms with Gasteiger partial charge in [-0.15, -0.1) is 0 Å². The summed E-state index contributed by atoms with van der Waals surface area (Å²) in [5.41, 5.74) is -1.18. The number of nitrogens with zero attached hydrogens (tertiary/aromatic N) is 4. The van der Waals surface area contributed by atoms with Crippen molar-refractivity contribution in [3.63, 3.8) is 0 Å². The minimum atomic E-state index is -4.96. The molecule has 4 rings (SSSR count). The standard InChI is InChI=1S/C25H25F9N6O3/c1-11-18(39-43-38-11)22(42)37-19(13-5-7-23(26,27)8-6-13)20-36-16-9-14(3-4-17(16)40(20)34)15(10-24(28,29)30)21(41)35-12(2)25(31,32)33/h3-4,9,12-13,15,19H,5-8,10H2,1-2H3,(H,35,41)(H,37,42)/t12-,15+,19-/m0/s1. The Morgan fingerprint density at radius 3 is 2.30 bits per heavy atom. The quantitative estimate of drug-likeness (QED) is 0.302. The van der Waals surface area contributed by atoms with Crippen molar-refractivity contribution in [3.05, 3.63) is 41.0 Å². The molecule has 2 N–H and O–H groups in total. The first-order valence-electron chi connectivity index (χ1n) is 13.0. The van der Waals surface area contributed by atoms with E-state index < -0.39 is 84.7 Å². The highest BCUT2D eigenvalue weighted by atomic mass is 19.4. The van der Waals surface area contributed by atoms with E-state index in [9.17, 15) is 44.7 Å². The Bertz CT molecular complexity index is 1470. The van der Waals surface area contributed by atoms with Crippen molar-refractivity contribution < 1.29 is 53.8 Å². The van der Waals surface area contributed by atoms with Crippen LogP contribution in [0.3, 0.4) is 0 Å². The molecule has 2 aromatic heterocycles. The van der Waals surface area contributed by atoms with Gasteiger partial charge in [-0.2, -0.15) is 31.1 Å². The lowest BCUT2D eigenvalue weighted by Crippen LogP contribution is -2.45. The molecule has 3 aromatic rings. The SMILES string of the molecule is Cc1nonc1C(=O)N[C@H](c1nc2cc([C@@H](CC(F)(F)F)C(=O)N[C@@H](C)C(F)(F)F)ccc2n1F)C1CCC(F)(F)CC1. The van der Waals surface area contributed by atoms with Crippen LogP contribution >= 0.6 is 0 Å². The maximum atomic E-state index is 15.6. The van der Waals surface area contributed by atoms with Gasteiger partial charge in [-0.1, -0.05) is 15.7 Å². The van der Waals surface area contributed by atoms with E-state index >= 15 is 4.48 Å². The molecule has 0 aliphatic heterocycles. The highest BCUT2D eigenvalue weighted by molar-refractivity contribution is 5.93. The van der Waals surface area contributed by atoms with Gasteiger partial charge in [0.2, 0.25) is 11.8 Å². The molecule has 0 radical (unpaired) electrons. The van der Waals surface area contributed by atoms with E-state index in [-0.39, 0.29) is 40.1 Å². The molecule has 3 atom stereocenters. The van der Waals surface area contributed by atoms with Gasteiger partial charge in [0, 0.05) is 12.8 Å². The van der Waals surface area contributed by atoms with Crippen LogP contribution in [0.2, 0.25) is 0 Å². The van der Waals surface area contributed by atoms with Crippen molar-refractivity contribution in [1.29, 1.82) is 0 Å². The molecule has 1 aliphatic rings. The Morgan fingerprint density at radius 1 is 1.09 bits per heavy atom. The third kappa shape index (κ3) is 7.38. The molecule has 1 aliphatic carbocycles. The maximum absolute atomic E-state index is 15.6. The molecule has 9 nitrogen and oxygen atoms in total. The van der Waals surface area contributed by atoms with E-state index in [1.165, 1.54) is 12.2 Å². The summed E-state index contributed by atoms with van der Waals surface area (Å²) < 4.78 is 127. The highest BCUT2D eigenvalue weighted by Crippen LogP contribution is 2.42. The van der Waals surface area contributed by atoms with Crippen LogP contribution in [0.5, 0.6) is 0 Å². The molecular formula is C25H25F9N6O3. The van der Waals surface area contributed by atoms with Crippen molar-refractivity contribution in [2.24, 2.45) is 5.92 Å². The fourth-order valence-electron chi connectivity index (χ4n) is 4.92. The number of aromatic nitrogens is 4. The molecule has 1 saturated carbocycles. The number of rotatable bonds is 8. The lowest BCUT2D eigenvalue weighted by atomic mass is 9.81. The van der Waals surface area contributed by atoms with Gasteiger partial charge >= 0.3 is 12.4 Å². The van der Waals surface area contributed by atoms with Crippen molar-refractivity contribution in [1.82, 2.24) is 30.7 Å². The van der Waals surface area contributed by atoms with Crippen molar-refractivity contribution in [2.75, 3.05) is 0 Å². The average Bonchev–Trinajstić information content (AvgIpc) is 3.47. The van der Waals surface area contributed by atoms with Gasteiger partial charge in [-0.3, -0.25) is 9.59 Å². The summed E-state index contributed by atoms with van der Waals surface area (Å²) in [4.78, 5) is 29.6. The number of fused-ring (bicyclic) bond motifs is 1. The van der Waals surface area contributed by atoms with E-state index in [0.29, 0.717) is 6.92 Å². The molecule has 0 saturated heterocycles. The molecule has 18 heteroatoms. The number of nitrogens with one attached hydrogen (secondary N) is 2. The number of aryl methyl sites for hydroxylation is 1. The third-order valence-corrected chi connectivity index (χ3v) is 7.32. The minimum absolute atomic E-state index is 0.0231. The van der Waals surface area contributed by atoms with E-state index in [1.807, 2.05) is 0 Å². The first-order valence-corrected chi connectivity index (χ1v) is 13.0. The molecule has 1 aromatic carbocycles. The number of benzene rings is 1. The second-order valence-corrected chi connectivity index (χ2v) is 10.5. The minimum Gasteiger partial charge on any atom is -0.344 e. The average molecular weight is 628 g/mol. The second kappa shape index (κ2) is 11.7. The zero-order valence-electron chi connectivity index (χ0n) is 22.5. The topological polar surface area (TPSA) is 115 Å². The van der Waals surface area contributed by atoms with Gasteiger partial charge in [-0.25, -0.2) is 18.4 Å². The van der Waals surface area contributed by atoms with E-state index in [2.05, 4.69) is 25.2 Å². The molecule has 2 amide bonds. The highest BCUT2D eigenvalue weighted by Gasteiger charge is 2.43. The van der Waals surface area contributed by atoms with Crippen LogP contribution in [0, 0.1) is 12.8 Å². The van der Waals surface area contributed by atoms with Crippen LogP contribution in [0.25, 0.3) is 11.0 Å². The van der Waals surface area contributed by atoms with Crippen LogP contribution in [-0.4, -0.2) is 56.2 Å². The van der Waals surface area contributed by atoms with Crippen molar-refractivity contribution in [3.8, 4) is 0 Å². The zero-order valence-corrected chi connectivity index (χ0v) is 22.5. The number of halogens is 9. The molecule has 0 bridgehead atoms. The van der Waals surface area contributed by atoms with Crippen molar-refractivity contribution >= 4 is 22.8 Å². The normalized spacial score (nSPS) is 18.3. The molecule has 43 heavy (non-hydrogen) atoms. The molecule has 2 heterocycles. The van der Waals surface area contributed by atoms with Gasteiger partial charge < -0.3 is 10.6 Å². The number of imidazole rings is 1. The lowest BCUT2D eigenvalue weighted by molar-refractivity contribution is -0.162. The number of hydrogen-bond donors (Lipinski definition) is 2. The zero-order chi connectivity index (χ0) is 31.9. The van der Waals surface area contributed by atoms with Gasteiger partial charge in [-0.05, 0) is 55.5 Å². The molecule has 236 valence electrons. The summed E-state index contributed by atoms with van der Waals surface area (Å²) in [5, 5.41) is 11.0. The maximum Gasteiger partial charge on any atom is 0.408 e. The number of amides is 2. The summed E-state index contributed by atoms with van der Waals surface area (Å²) in [7, 11) is 0. The van der Waals surface area contributed by atoms with Crippen LogP contribution in [-0.2, 0) is 4.79 Å². The van der Waals surface area contributed by atoms with Crippen LogP contribution in [0.4, 0.5) is 39.6 Å². The van der Waals surface area contributed by atoms with Crippen LogP contribution < -0.4 is 10.6 Å². The number of carbonyl (C=O) groups excluding carboxylic acids is 2. The Hall–Kier alpha value is -3.86. The molecule has 1 fully saturated rings. The number of carbonyl (C=O) groups is 2. The lowest BCUT2D eigenvalue weighted by Gasteiger charge is -2.33. The Kier molecular flexibility index (Phi) is 8.70. The summed E-state index contributed by atoms with van der Waals surface area (Å²) in [6.45, 7) is 1.96. The fraction of sp³-hybridized carbons (Fsp3) is 0.560. The largest absolute Gasteiger partial charge is 0.408 e. The van der Waals surface area contributed by atoms with Gasteiger partial charge in [0.15, 0.2) is 11.5 Å². The molecule has 0 spiro atoms. The summed E-state index contributed by atoms with van der Waals surface area (Å²) in [5.74, 6) is -8.78. The number of alkyl halides is 8. The van der Waals surface area contributed by atoms with Crippen LogP contribution in [0.15, 0.2) is 22.8 Å². The van der Waals surface area contributed by atoms with E-state index in [1.54, 1.807) is 0 Å². The third-order valence-electron chi connectivity index (χ3n) is 7.32. The van der Waals surface area contributed by atoms with Gasteiger partial charge in [0.1, 0.15) is 17.3 Å². The fourth-order valence-corrected chi connectivity index (χ4v) is 4.92. The number of hydrogen-bond acceptors (Lipinski definition) is 6. The smallest absolute Gasteiger partial charge is 0.344 e. The summed E-state index contributed by atoms with van der Waals surface area (Å²) >= 11 is 0. The summed E-state index contributed by atoms with van der Waals surface area (Å²) in [6.07, 6.45) is -13.1. The predicted octanol–water partition coefficient (Wildman–Crippen LogP) is 5.86. The van der Waals surface area contributed by atoms with E-state index in [4.69, 9.17) is 0 Å².